The molecule has 0 saturated carbocycles. The van der Waals surface area contributed by atoms with E-state index in [0.717, 1.165) is 13.0 Å². The Balaban J connectivity index is 1.73. The number of hydrogen-bond acceptors (Lipinski definition) is 6. The summed E-state index contributed by atoms with van der Waals surface area (Å²) >= 11 is 0. The van der Waals surface area contributed by atoms with E-state index >= 15 is 0 Å². The number of hydrogen-bond donors (Lipinski definition) is 3. The molecule has 13 heteroatoms. The van der Waals surface area contributed by atoms with Gasteiger partial charge in [0.05, 0.1) is 22.5 Å². The molecule has 0 bridgehead atoms. The molecule has 3 amide bonds. The van der Waals surface area contributed by atoms with Crippen LogP contribution in [0.25, 0.3) is 0 Å². The third-order valence-corrected chi connectivity index (χ3v) is 6.29. The second-order valence-corrected chi connectivity index (χ2v) is 10.5. The van der Waals surface area contributed by atoms with Crippen molar-refractivity contribution in [2.75, 3.05) is 37.8 Å². The molecule has 3 heterocycles. The van der Waals surface area contributed by atoms with E-state index < -0.39 is 16.7 Å². The maximum absolute atomic E-state index is 13.1. The maximum atomic E-state index is 13.1. The molecule has 3 rings (SSSR count). The summed E-state index contributed by atoms with van der Waals surface area (Å²) in [6.45, 7) is 8.93. The van der Waals surface area contributed by atoms with Crippen molar-refractivity contribution in [2.45, 2.75) is 46.2 Å². The number of nitrogens with zero attached hydrogens (tertiary/aromatic N) is 5. The average Bonchev–Trinajstić information content (AvgIpc) is 3.58. The first-order valence-electron chi connectivity index (χ1n) is 13.1. The van der Waals surface area contributed by atoms with Crippen LogP contribution in [-0.4, -0.2) is 68.4 Å². The van der Waals surface area contributed by atoms with Gasteiger partial charge >= 0.3 is 0 Å². The fraction of sp³-hybridized carbons (Fsp3) is 0.444. The SMILES string of the molecule is CC(C)n1cc(NC(=O)c2cc(NC(=O)c3cc([N+](=O)[O-])cn3C(C)C)cn2C)cc1C(=O)NCCCN(C)C. The maximum Gasteiger partial charge on any atom is 0.287 e. The van der Waals surface area contributed by atoms with Crippen LogP contribution in [-0.2, 0) is 7.05 Å². The zero-order valence-corrected chi connectivity index (χ0v) is 24.0. The van der Waals surface area contributed by atoms with Gasteiger partial charge in [-0.05, 0) is 66.9 Å². The van der Waals surface area contributed by atoms with Crippen LogP contribution in [0.15, 0.2) is 36.8 Å². The highest BCUT2D eigenvalue weighted by Gasteiger charge is 2.23. The lowest BCUT2D eigenvalue weighted by Gasteiger charge is -2.13. The van der Waals surface area contributed by atoms with Crippen molar-refractivity contribution in [2.24, 2.45) is 7.05 Å². The largest absolute Gasteiger partial charge is 0.351 e. The fourth-order valence-corrected chi connectivity index (χ4v) is 4.27. The second kappa shape index (κ2) is 12.6. The number of carbonyl (C=O) groups excluding carboxylic acids is 3. The Kier molecular flexibility index (Phi) is 9.53. The average molecular weight is 555 g/mol. The van der Waals surface area contributed by atoms with E-state index in [0.29, 0.717) is 23.6 Å². The molecule has 40 heavy (non-hydrogen) atoms. The summed E-state index contributed by atoms with van der Waals surface area (Å²) in [6.07, 6.45) is 5.44. The van der Waals surface area contributed by atoms with Crippen molar-refractivity contribution in [3.05, 3.63) is 64.0 Å². The van der Waals surface area contributed by atoms with Gasteiger partial charge in [0.2, 0.25) is 0 Å². The van der Waals surface area contributed by atoms with Gasteiger partial charge in [-0.2, -0.15) is 0 Å². The fourth-order valence-electron chi connectivity index (χ4n) is 4.27. The Bertz CT molecular complexity index is 1400. The Morgan fingerprint density at radius 3 is 1.95 bits per heavy atom. The molecule has 3 aromatic rings. The summed E-state index contributed by atoms with van der Waals surface area (Å²) in [5.41, 5.74) is 1.49. The topological polar surface area (TPSA) is 148 Å². The molecule has 13 nitrogen and oxygen atoms in total. The lowest BCUT2D eigenvalue weighted by molar-refractivity contribution is -0.384. The summed E-state index contributed by atoms with van der Waals surface area (Å²) in [4.78, 5) is 51.6. The van der Waals surface area contributed by atoms with Crippen LogP contribution < -0.4 is 16.0 Å². The molecule has 0 unspecified atom stereocenters. The van der Waals surface area contributed by atoms with Crippen LogP contribution in [0.4, 0.5) is 17.1 Å². The van der Waals surface area contributed by atoms with E-state index in [1.165, 1.54) is 22.9 Å². The minimum Gasteiger partial charge on any atom is -0.351 e. The highest BCUT2D eigenvalue weighted by atomic mass is 16.6. The smallest absolute Gasteiger partial charge is 0.287 e. The summed E-state index contributed by atoms with van der Waals surface area (Å²) in [7, 11) is 5.62. The molecule has 216 valence electrons. The van der Waals surface area contributed by atoms with Crippen molar-refractivity contribution in [3.8, 4) is 0 Å². The van der Waals surface area contributed by atoms with E-state index in [1.54, 1.807) is 34.6 Å². The molecule has 0 spiro atoms. The predicted molar refractivity (Wildman–Crippen MR) is 153 cm³/mol. The number of aromatic nitrogens is 3. The molecular formula is C27H38N8O5. The molecule has 0 aliphatic rings. The van der Waals surface area contributed by atoms with Gasteiger partial charge in [0.1, 0.15) is 17.1 Å². The van der Waals surface area contributed by atoms with E-state index in [-0.39, 0.29) is 35.1 Å². The van der Waals surface area contributed by atoms with Gasteiger partial charge in [-0.1, -0.05) is 0 Å². The minimum atomic E-state index is -0.548. The van der Waals surface area contributed by atoms with Gasteiger partial charge in [0.25, 0.3) is 23.4 Å². The molecule has 0 radical (unpaired) electrons. The van der Waals surface area contributed by atoms with Crippen molar-refractivity contribution >= 4 is 34.8 Å². The number of nitro groups is 1. The number of anilines is 2. The lowest BCUT2D eigenvalue weighted by Crippen LogP contribution is -2.29. The molecule has 0 fully saturated rings. The molecule has 0 atom stereocenters. The van der Waals surface area contributed by atoms with Gasteiger partial charge < -0.3 is 34.6 Å². The van der Waals surface area contributed by atoms with E-state index in [9.17, 15) is 24.5 Å². The van der Waals surface area contributed by atoms with E-state index in [2.05, 4.69) is 16.0 Å². The third-order valence-electron chi connectivity index (χ3n) is 6.29. The Morgan fingerprint density at radius 2 is 1.38 bits per heavy atom. The second-order valence-electron chi connectivity index (χ2n) is 10.5. The molecule has 0 aromatic carbocycles. The van der Waals surface area contributed by atoms with E-state index in [4.69, 9.17) is 0 Å². The van der Waals surface area contributed by atoms with E-state index in [1.807, 2.05) is 46.7 Å². The molecular weight excluding hydrogens is 516 g/mol. The number of nitrogens with one attached hydrogen (secondary N) is 3. The molecule has 3 N–H and O–H groups in total. The molecule has 0 saturated heterocycles. The first kappa shape index (κ1) is 30.2. The molecule has 0 aliphatic carbocycles. The van der Waals surface area contributed by atoms with Gasteiger partial charge in [-0.25, -0.2) is 0 Å². The highest BCUT2D eigenvalue weighted by molar-refractivity contribution is 6.07. The van der Waals surface area contributed by atoms with Crippen LogP contribution >= 0.6 is 0 Å². The van der Waals surface area contributed by atoms with Gasteiger partial charge in [0, 0.05) is 44.1 Å². The van der Waals surface area contributed by atoms with Gasteiger partial charge in [-0.3, -0.25) is 24.5 Å². The Labute approximate surface area is 233 Å². The minimum absolute atomic E-state index is 0.00867. The van der Waals surface area contributed by atoms with Crippen LogP contribution in [0.1, 0.15) is 77.7 Å². The summed E-state index contributed by atoms with van der Waals surface area (Å²) in [5, 5.41) is 19.7. The van der Waals surface area contributed by atoms with Crippen LogP contribution in [0, 0.1) is 10.1 Å². The Morgan fingerprint density at radius 1 is 0.850 bits per heavy atom. The standard InChI is InChI=1S/C27H38N8O5/c1-17(2)33-15-20(12-23(33)25(36)28-9-8-10-31(5)6)30-26(37)22-11-19(14-32(22)7)29-27(38)24-13-21(35(39)40)16-34(24)18(3)4/h11-18H,8-10H2,1-7H3,(H,28,36)(H,29,38)(H,30,37). The molecule has 0 aliphatic heterocycles. The lowest BCUT2D eigenvalue weighted by atomic mass is 10.3. The number of amides is 3. The van der Waals surface area contributed by atoms with Crippen LogP contribution in [0.5, 0.6) is 0 Å². The predicted octanol–water partition coefficient (Wildman–Crippen LogP) is 3.88. The number of aryl methyl sites for hydroxylation is 1. The third kappa shape index (κ3) is 7.17. The van der Waals surface area contributed by atoms with Crippen LogP contribution in [0.2, 0.25) is 0 Å². The first-order valence-corrected chi connectivity index (χ1v) is 13.1. The van der Waals surface area contributed by atoms with Gasteiger partial charge in [0.15, 0.2) is 0 Å². The summed E-state index contributed by atoms with van der Waals surface area (Å²) < 4.78 is 4.89. The van der Waals surface area contributed by atoms with Gasteiger partial charge in [-0.15, -0.1) is 0 Å². The Hall–Kier alpha value is -4.39. The van der Waals surface area contributed by atoms with Crippen molar-refractivity contribution in [3.63, 3.8) is 0 Å². The monoisotopic (exact) mass is 554 g/mol. The van der Waals surface area contributed by atoms with Crippen molar-refractivity contribution in [1.29, 1.82) is 0 Å². The van der Waals surface area contributed by atoms with Crippen molar-refractivity contribution in [1.82, 2.24) is 23.9 Å². The zero-order valence-electron chi connectivity index (χ0n) is 24.0. The van der Waals surface area contributed by atoms with Crippen LogP contribution in [0.3, 0.4) is 0 Å². The number of carbonyl (C=O) groups is 3. The quantitative estimate of drug-likeness (QED) is 0.176. The zero-order chi connectivity index (χ0) is 29.7. The van der Waals surface area contributed by atoms with Crippen molar-refractivity contribution < 1.29 is 19.3 Å². The molecule has 3 aromatic heterocycles. The first-order chi connectivity index (χ1) is 18.8. The summed E-state index contributed by atoms with van der Waals surface area (Å²) in [5.74, 6) is -1.18. The number of rotatable bonds is 12. The summed E-state index contributed by atoms with van der Waals surface area (Å²) in [6, 6.07) is 4.20. The normalized spacial score (nSPS) is 11.3. The highest BCUT2D eigenvalue weighted by Crippen LogP contribution is 2.24.